The molecule has 0 unspecified atom stereocenters. The number of ether oxygens (including phenoxy) is 1. The molecule has 6 nitrogen and oxygen atoms in total. The first kappa shape index (κ1) is 20.1. The molecule has 1 N–H and O–H groups in total. The summed E-state index contributed by atoms with van der Waals surface area (Å²) in [5, 5.41) is 2.93. The second kappa shape index (κ2) is 9.55. The van der Waals surface area contributed by atoms with Gasteiger partial charge in [0.1, 0.15) is 5.82 Å². The van der Waals surface area contributed by atoms with Crippen LogP contribution < -0.4 is 15.1 Å². The van der Waals surface area contributed by atoms with Crippen LogP contribution in [0.4, 0.5) is 11.5 Å². The van der Waals surface area contributed by atoms with E-state index in [2.05, 4.69) is 52.1 Å². The minimum absolute atomic E-state index is 0.0613. The summed E-state index contributed by atoms with van der Waals surface area (Å²) in [6.45, 7) is 9.26. The van der Waals surface area contributed by atoms with Crippen LogP contribution in [0, 0.1) is 13.8 Å². The monoisotopic (exact) mass is 382 g/mol. The average molecular weight is 383 g/mol. The van der Waals surface area contributed by atoms with Crippen molar-refractivity contribution in [1.82, 2.24) is 10.3 Å². The molecule has 2 heterocycles. The normalized spacial score (nSPS) is 14.2. The van der Waals surface area contributed by atoms with Gasteiger partial charge in [-0.15, -0.1) is 0 Å². The molecular weight excluding hydrogens is 352 g/mol. The Balaban J connectivity index is 1.60. The van der Waals surface area contributed by atoms with Crippen molar-refractivity contribution in [3.63, 3.8) is 0 Å². The zero-order valence-corrected chi connectivity index (χ0v) is 17.1. The molecule has 1 aromatic carbocycles. The summed E-state index contributed by atoms with van der Waals surface area (Å²) in [6.07, 6.45) is 2.52. The second-order valence-electron chi connectivity index (χ2n) is 7.20. The number of nitrogens with zero attached hydrogens (tertiary/aromatic N) is 3. The molecular formula is C22H30N4O2. The predicted octanol–water partition coefficient (Wildman–Crippen LogP) is 2.79. The molecule has 150 valence electrons. The van der Waals surface area contributed by atoms with Gasteiger partial charge in [-0.25, -0.2) is 4.98 Å². The van der Waals surface area contributed by atoms with Crippen molar-refractivity contribution < 1.29 is 9.53 Å². The van der Waals surface area contributed by atoms with E-state index in [-0.39, 0.29) is 5.91 Å². The summed E-state index contributed by atoms with van der Waals surface area (Å²) in [5.41, 5.74) is 4.64. The number of carbonyl (C=O) groups excluding carboxylic acids is 1. The summed E-state index contributed by atoms with van der Waals surface area (Å²) < 4.78 is 5.01. The first-order valence-electron chi connectivity index (χ1n) is 9.89. The zero-order chi connectivity index (χ0) is 19.9. The van der Waals surface area contributed by atoms with E-state index in [4.69, 9.17) is 4.74 Å². The SMILES string of the molecule is COCCCNC(=O)c1ccnc(N2CCN(c3cccc(C)c3C)CC2)c1. The number of piperazine rings is 1. The van der Waals surface area contributed by atoms with Gasteiger partial charge in [-0.3, -0.25) is 4.79 Å². The van der Waals surface area contributed by atoms with Crippen LogP contribution in [0.25, 0.3) is 0 Å². The minimum atomic E-state index is -0.0613. The zero-order valence-electron chi connectivity index (χ0n) is 17.1. The van der Waals surface area contributed by atoms with Gasteiger partial charge < -0.3 is 19.9 Å². The fourth-order valence-electron chi connectivity index (χ4n) is 3.51. The Hall–Kier alpha value is -2.60. The van der Waals surface area contributed by atoms with Crippen LogP contribution in [0.5, 0.6) is 0 Å². The van der Waals surface area contributed by atoms with Crippen LogP contribution >= 0.6 is 0 Å². The maximum Gasteiger partial charge on any atom is 0.251 e. The Morgan fingerprint density at radius 1 is 1.14 bits per heavy atom. The first-order chi connectivity index (χ1) is 13.6. The Morgan fingerprint density at radius 2 is 1.89 bits per heavy atom. The van der Waals surface area contributed by atoms with Crippen LogP contribution in [0.1, 0.15) is 27.9 Å². The quantitative estimate of drug-likeness (QED) is 0.747. The van der Waals surface area contributed by atoms with E-state index in [1.54, 1.807) is 19.4 Å². The number of hydrogen-bond donors (Lipinski definition) is 1. The third-order valence-corrected chi connectivity index (χ3v) is 5.34. The number of rotatable bonds is 7. The highest BCUT2D eigenvalue weighted by atomic mass is 16.5. The molecule has 0 aliphatic carbocycles. The van der Waals surface area contributed by atoms with E-state index in [1.165, 1.54) is 16.8 Å². The third-order valence-electron chi connectivity index (χ3n) is 5.34. The fourth-order valence-corrected chi connectivity index (χ4v) is 3.51. The predicted molar refractivity (Wildman–Crippen MR) is 113 cm³/mol. The summed E-state index contributed by atoms with van der Waals surface area (Å²) >= 11 is 0. The smallest absolute Gasteiger partial charge is 0.251 e. The maximum atomic E-state index is 12.3. The van der Waals surface area contributed by atoms with E-state index in [0.717, 1.165) is 38.4 Å². The number of carbonyl (C=O) groups is 1. The van der Waals surface area contributed by atoms with Crippen molar-refractivity contribution in [3.05, 3.63) is 53.2 Å². The van der Waals surface area contributed by atoms with Gasteiger partial charge >= 0.3 is 0 Å². The Morgan fingerprint density at radius 3 is 2.64 bits per heavy atom. The number of amides is 1. The molecule has 0 spiro atoms. The van der Waals surface area contributed by atoms with Gasteiger partial charge in [0.2, 0.25) is 0 Å². The molecule has 2 aromatic rings. The number of aryl methyl sites for hydroxylation is 1. The number of methoxy groups -OCH3 is 1. The van der Waals surface area contributed by atoms with Crippen LogP contribution in [-0.4, -0.2) is 57.3 Å². The lowest BCUT2D eigenvalue weighted by Gasteiger charge is -2.37. The lowest BCUT2D eigenvalue weighted by Crippen LogP contribution is -2.47. The molecule has 1 aliphatic heterocycles. The molecule has 1 aromatic heterocycles. The molecule has 28 heavy (non-hydrogen) atoms. The van der Waals surface area contributed by atoms with Gasteiger partial charge in [-0.1, -0.05) is 12.1 Å². The highest BCUT2D eigenvalue weighted by molar-refractivity contribution is 5.94. The molecule has 1 saturated heterocycles. The van der Waals surface area contributed by atoms with Gasteiger partial charge in [0, 0.05) is 63.9 Å². The molecule has 0 saturated carbocycles. The number of anilines is 2. The Bertz CT molecular complexity index is 801. The third kappa shape index (κ3) is 4.81. The molecule has 0 radical (unpaired) electrons. The van der Waals surface area contributed by atoms with Crippen molar-refractivity contribution in [3.8, 4) is 0 Å². The minimum Gasteiger partial charge on any atom is -0.385 e. The van der Waals surface area contributed by atoms with Crippen molar-refractivity contribution >= 4 is 17.4 Å². The van der Waals surface area contributed by atoms with Gasteiger partial charge in [-0.2, -0.15) is 0 Å². The van der Waals surface area contributed by atoms with Gasteiger partial charge in [0.25, 0.3) is 5.91 Å². The maximum absolute atomic E-state index is 12.3. The molecule has 1 aliphatic rings. The number of pyridine rings is 1. The number of aromatic nitrogens is 1. The van der Waals surface area contributed by atoms with Crippen LogP contribution in [0.2, 0.25) is 0 Å². The van der Waals surface area contributed by atoms with Gasteiger partial charge in [-0.05, 0) is 49.6 Å². The van der Waals surface area contributed by atoms with Crippen LogP contribution in [0.3, 0.4) is 0 Å². The van der Waals surface area contributed by atoms with Crippen molar-refractivity contribution in [2.75, 3.05) is 56.2 Å². The highest BCUT2D eigenvalue weighted by Gasteiger charge is 2.20. The summed E-state index contributed by atoms with van der Waals surface area (Å²) in [7, 11) is 1.66. The molecule has 1 fully saturated rings. The lowest BCUT2D eigenvalue weighted by molar-refractivity contribution is 0.0948. The largest absolute Gasteiger partial charge is 0.385 e. The fraction of sp³-hybridized carbons (Fsp3) is 0.455. The number of benzene rings is 1. The second-order valence-corrected chi connectivity index (χ2v) is 7.20. The summed E-state index contributed by atoms with van der Waals surface area (Å²) in [6, 6.07) is 10.1. The number of nitrogens with one attached hydrogen (secondary N) is 1. The summed E-state index contributed by atoms with van der Waals surface area (Å²) in [4.78, 5) is 21.5. The number of hydrogen-bond acceptors (Lipinski definition) is 5. The highest BCUT2D eigenvalue weighted by Crippen LogP contribution is 2.25. The molecule has 0 atom stereocenters. The summed E-state index contributed by atoms with van der Waals surface area (Å²) in [5.74, 6) is 0.805. The van der Waals surface area contributed by atoms with E-state index in [0.29, 0.717) is 18.7 Å². The van der Waals surface area contributed by atoms with Crippen molar-refractivity contribution in [2.24, 2.45) is 0 Å². The molecule has 6 heteroatoms. The van der Waals surface area contributed by atoms with Crippen molar-refractivity contribution in [2.45, 2.75) is 20.3 Å². The molecule has 1 amide bonds. The standard InChI is InChI=1S/C22H30N4O2/c1-17-6-4-7-20(18(17)2)25-11-13-26(14-12-25)21-16-19(8-10-23-21)22(27)24-9-5-15-28-3/h4,6-8,10,16H,5,9,11-15H2,1-3H3,(H,24,27). The molecule has 0 bridgehead atoms. The lowest BCUT2D eigenvalue weighted by atomic mass is 10.1. The van der Waals surface area contributed by atoms with Crippen LogP contribution in [0.15, 0.2) is 36.5 Å². The van der Waals surface area contributed by atoms with E-state index in [9.17, 15) is 4.79 Å². The Labute approximate surface area is 167 Å². The van der Waals surface area contributed by atoms with Crippen LogP contribution in [-0.2, 0) is 4.74 Å². The Kier molecular flexibility index (Phi) is 6.87. The van der Waals surface area contributed by atoms with E-state index in [1.807, 2.05) is 6.07 Å². The topological polar surface area (TPSA) is 57.7 Å². The molecule has 3 rings (SSSR count). The van der Waals surface area contributed by atoms with Crippen molar-refractivity contribution in [1.29, 1.82) is 0 Å². The first-order valence-corrected chi connectivity index (χ1v) is 9.89. The average Bonchev–Trinajstić information content (AvgIpc) is 2.73. The van der Waals surface area contributed by atoms with Gasteiger partial charge in [0.15, 0.2) is 0 Å². The van der Waals surface area contributed by atoms with E-state index < -0.39 is 0 Å². The van der Waals surface area contributed by atoms with Gasteiger partial charge in [0.05, 0.1) is 0 Å². The van der Waals surface area contributed by atoms with E-state index >= 15 is 0 Å².